The normalized spacial score (nSPS) is 19.8. The Hall–Kier alpha value is -2.52. The zero-order chi connectivity index (χ0) is 23.1. The first kappa shape index (κ1) is 24.6. The highest BCUT2D eigenvalue weighted by Crippen LogP contribution is 2.31. The fourth-order valence-corrected chi connectivity index (χ4v) is 5.19. The van der Waals surface area contributed by atoms with Crippen molar-refractivity contribution in [3.63, 3.8) is 0 Å². The summed E-state index contributed by atoms with van der Waals surface area (Å²) in [5.74, 6) is 1.60. The Bertz CT molecular complexity index is 1150. The standard InChI is InChI=1S/C24H31FN6O2.ClH/c1-15(2)21-19-5-4-6-20(25)22(19)31(27-21)24-26-23(33-28-24)18-8-10-29(11-9-18)13-17-7-12-30(14-17)16(3)32;/h4-6,15,17-18H,7-14H2,1-3H3;1H/t17-;/m1./s1. The Labute approximate surface area is 204 Å². The maximum Gasteiger partial charge on any atom is 0.291 e. The number of carbonyl (C=O) groups excluding carboxylic acids is 1. The molecule has 1 aromatic carbocycles. The van der Waals surface area contributed by atoms with Crippen LogP contribution in [0.5, 0.6) is 0 Å². The Balaban J connectivity index is 0.00000274. The molecule has 0 bridgehead atoms. The third-order valence-electron chi connectivity index (χ3n) is 7.03. The number of hydrogen-bond donors (Lipinski definition) is 0. The molecule has 0 aliphatic carbocycles. The van der Waals surface area contributed by atoms with Gasteiger partial charge in [-0.3, -0.25) is 4.79 Å². The van der Waals surface area contributed by atoms with Gasteiger partial charge in [-0.05, 0) is 55.4 Å². The van der Waals surface area contributed by atoms with Crippen molar-refractivity contribution in [2.24, 2.45) is 5.92 Å². The Kier molecular flexibility index (Phi) is 7.23. The summed E-state index contributed by atoms with van der Waals surface area (Å²) in [5.41, 5.74) is 1.21. The number of benzene rings is 1. The van der Waals surface area contributed by atoms with Crippen LogP contribution in [0, 0.1) is 11.7 Å². The van der Waals surface area contributed by atoms with Crippen molar-refractivity contribution in [1.29, 1.82) is 0 Å². The summed E-state index contributed by atoms with van der Waals surface area (Å²) in [5, 5.41) is 9.55. The molecule has 0 saturated carbocycles. The van der Waals surface area contributed by atoms with Gasteiger partial charge in [0, 0.05) is 37.9 Å². The number of halogens is 2. The molecule has 2 fully saturated rings. The minimum atomic E-state index is -0.346. The number of aromatic nitrogens is 4. The molecule has 2 saturated heterocycles. The van der Waals surface area contributed by atoms with Gasteiger partial charge in [0.15, 0.2) is 0 Å². The number of fused-ring (bicyclic) bond motifs is 1. The van der Waals surface area contributed by atoms with Gasteiger partial charge in [-0.15, -0.1) is 12.4 Å². The van der Waals surface area contributed by atoms with Crippen LogP contribution in [0.25, 0.3) is 16.9 Å². The van der Waals surface area contributed by atoms with Crippen LogP contribution in [0.4, 0.5) is 4.39 Å². The zero-order valence-electron chi connectivity index (χ0n) is 19.9. The first-order valence-electron chi connectivity index (χ1n) is 11.9. The predicted octanol–water partition coefficient (Wildman–Crippen LogP) is 4.14. The maximum atomic E-state index is 14.7. The van der Waals surface area contributed by atoms with Crippen LogP contribution in [-0.2, 0) is 4.79 Å². The van der Waals surface area contributed by atoms with E-state index in [9.17, 15) is 9.18 Å². The highest BCUT2D eigenvalue weighted by Gasteiger charge is 2.30. The van der Waals surface area contributed by atoms with Gasteiger partial charge in [-0.1, -0.05) is 26.0 Å². The second kappa shape index (κ2) is 10.00. The number of para-hydroxylation sites is 1. The van der Waals surface area contributed by atoms with Crippen molar-refractivity contribution in [3.05, 3.63) is 35.6 Å². The topological polar surface area (TPSA) is 80.3 Å². The first-order chi connectivity index (χ1) is 15.9. The number of amides is 1. The van der Waals surface area contributed by atoms with Crippen LogP contribution in [0.3, 0.4) is 0 Å². The van der Waals surface area contributed by atoms with E-state index in [1.165, 1.54) is 10.7 Å². The van der Waals surface area contributed by atoms with Crippen LogP contribution in [0.1, 0.15) is 63.5 Å². The van der Waals surface area contributed by atoms with Crippen molar-refractivity contribution in [2.75, 3.05) is 32.7 Å². The lowest BCUT2D eigenvalue weighted by molar-refractivity contribution is -0.127. The average molecular weight is 491 g/mol. The van der Waals surface area contributed by atoms with Gasteiger partial charge in [-0.2, -0.15) is 14.8 Å². The SMILES string of the molecule is CC(=O)N1CC[C@H](CN2CCC(c3nc(-n4nc(C(C)C)c5cccc(F)c54)no3)CC2)C1.Cl. The molecule has 34 heavy (non-hydrogen) atoms. The second-order valence-corrected chi connectivity index (χ2v) is 9.71. The molecule has 10 heteroatoms. The molecule has 3 aromatic rings. The van der Waals surface area contributed by atoms with Gasteiger partial charge in [-0.25, -0.2) is 4.39 Å². The molecule has 0 spiro atoms. The summed E-state index contributed by atoms with van der Waals surface area (Å²) >= 11 is 0. The van der Waals surface area contributed by atoms with E-state index in [1.54, 1.807) is 13.0 Å². The highest BCUT2D eigenvalue weighted by atomic mass is 35.5. The minimum Gasteiger partial charge on any atom is -0.343 e. The quantitative estimate of drug-likeness (QED) is 0.534. The van der Waals surface area contributed by atoms with Crippen molar-refractivity contribution in [3.8, 4) is 5.95 Å². The van der Waals surface area contributed by atoms with Crippen LogP contribution in [-0.4, -0.2) is 68.4 Å². The number of rotatable bonds is 5. The van der Waals surface area contributed by atoms with E-state index < -0.39 is 0 Å². The zero-order valence-corrected chi connectivity index (χ0v) is 20.7. The number of nitrogens with zero attached hydrogens (tertiary/aromatic N) is 6. The summed E-state index contributed by atoms with van der Waals surface area (Å²) in [6.07, 6.45) is 2.96. The molecule has 0 N–H and O–H groups in total. The van der Waals surface area contributed by atoms with Crippen molar-refractivity contribution in [2.45, 2.75) is 51.9 Å². The minimum absolute atomic E-state index is 0. The molecule has 2 aliphatic rings. The smallest absolute Gasteiger partial charge is 0.291 e. The van der Waals surface area contributed by atoms with Gasteiger partial charge < -0.3 is 14.3 Å². The van der Waals surface area contributed by atoms with E-state index >= 15 is 0 Å². The lowest BCUT2D eigenvalue weighted by atomic mass is 9.95. The molecular weight excluding hydrogens is 459 g/mol. The Morgan fingerprint density at radius 1 is 1.21 bits per heavy atom. The van der Waals surface area contributed by atoms with Crippen LogP contribution >= 0.6 is 12.4 Å². The van der Waals surface area contributed by atoms with E-state index in [0.717, 1.165) is 63.1 Å². The predicted molar refractivity (Wildman–Crippen MR) is 129 cm³/mol. The van der Waals surface area contributed by atoms with Gasteiger partial charge in [0.1, 0.15) is 11.3 Å². The van der Waals surface area contributed by atoms with Crippen molar-refractivity contribution in [1.82, 2.24) is 29.7 Å². The number of likely N-dealkylation sites (tertiary alicyclic amines) is 2. The molecule has 0 radical (unpaired) electrons. The fourth-order valence-electron chi connectivity index (χ4n) is 5.19. The van der Waals surface area contributed by atoms with E-state index in [2.05, 4.69) is 20.1 Å². The maximum absolute atomic E-state index is 14.7. The summed E-state index contributed by atoms with van der Waals surface area (Å²) in [4.78, 5) is 20.6. The van der Waals surface area contributed by atoms with E-state index in [0.29, 0.717) is 17.3 Å². The molecule has 184 valence electrons. The van der Waals surface area contributed by atoms with Crippen LogP contribution in [0.2, 0.25) is 0 Å². The Morgan fingerprint density at radius 3 is 2.65 bits per heavy atom. The molecular formula is C24H32ClFN6O2. The number of piperidine rings is 1. The Morgan fingerprint density at radius 2 is 1.97 bits per heavy atom. The summed E-state index contributed by atoms with van der Waals surface area (Å²) < 4.78 is 21.8. The molecule has 0 unspecified atom stereocenters. The molecule has 2 aromatic heterocycles. The lowest BCUT2D eigenvalue weighted by Crippen LogP contribution is -2.37. The summed E-state index contributed by atoms with van der Waals surface area (Å²) in [7, 11) is 0. The van der Waals surface area contributed by atoms with Gasteiger partial charge in [0.05, 0.1) is 5.69 Å². The van der Waals surface area contributed by atoms with E-state index in [1.807, 2.05) is 24.8 Å². The second-order valence-electron chi connectivity index (χ2n) is 9.71. The van der Waals surface area contributed by atoms with Crippen molar-refractivity contribution < 1.29 is 13.7 Å². The molecule has 4 heterocycles. The third kappa shape index (κ3) is 4.68. The van der Waals surface area contributed by atoms with Gasteiger partial charge in [0.2, 0.25) is 11.8 Å². The molecule has 5 rings (SSSR count). The van der Waals surface area contributed by atoms with Gasteiger partial charge in [0.25, 0.3) is 5.95 Å². The monoisotopic (exact) mass is 490 g/mol. The summed E-state index contributed by atoms with van der Waals surface area (Å²) in [6.45, 7) is 10.4. The average Bonchev–Trinajstić information content (AvgIpc) is 3.53. The number of hydrogen-bond acceptors (Lipinski definition) is 6. The van der Waals surface area contributed by atoms with Crippen molar-refractivity contribution >= 4 is 29.2 Å². The fraction of sp³-hybridized carbons (Fsp3) is 0.583. The molecule has 1 atom stereocenters. The number of carbonyl (C=O) groups is 1. The molecule has 2 aliphatic heterocycles. The van der Waals surface area contributed by atoms with E-state index in [-0.39, 0.29) is 41.9 Å². The lowest BCUT2D eigenvalue weighted by Gasteiger charge is -2.32. The summed E-state index contributed by atoms with van der Waals surface area (Å²) in [6, 6.07) is 5.02. The molecule has 8 nitrogen and oxygen atoms in total. The largest absolute Gasteiger partial charge is 0.343 e. The van der Waals surface area contributed by atoms with Crippen LogP contribution in [0.15, 0.2) is 22.7 Å². The highest BCUT2D eigenvalue weighted by molar-refractivity contribution is 5.85. The van der Waals surface area contributed by atoms with Crippen LogP contribution < -0.4 is 0 Å². The van der Waals surface area contributed by atoms with Gasteiger partial charge >= 0.3 is 0 Å². The first-order valence-corrected chi connectivity index (χ1v) is 11.9. The third-order valence-corrected chi connectivity index (χ3v) is 7.03. The van der Waals surface area contributed by atoms with E-state index in [4.69, 9.17) is 4.52 Å². The molecule has 1 amide bonds.